The van der Waals surface area contributed by atoms with E-state index in [0.717, 1.165) is 35.0 Å². The van der Waals surface area contributed by atoms with Gasteiger partial charge in [0.1, 0.15) is 0 Å². The van der Waals surface area contributed by atoms with E-state index in [1.54, 1.807) is 0 Å². The summed E-state index contributed by atoms with van der Waals surface area (Å²) in [5.74, 6) is 0.537. The first-order valence-electron chi connectivity index (χ1n) is 5.46. The van der Waals surface area contributed by atoms with Crippen molar-refractivity contribution in [2.24, 2.45) is 11.7 Å². The highest BCUT2D eigenvalue weighted by molar-refractivity contribution is 9.11. The molecule has 2 rings (SSSR count). The predicted octanol–water partition coefficient (Wildman–Crippen LogP) is 3.64. The molecule has 0 aromatic heterocycles. The Kier molecular flexibility index (Phi) is 4.41. The van der Waals surface area contributed by atoms with Crippen LogP contribution in [0, 0.1) is 5.92 Å². The van der Waals surface area contributed by atoms with E-state index in [0.29, 0.717) is 5.92 Å². The summed E-state index contributed by atoms with van der Waals surface area (Å²) in [5.41, 5.74) is 7.50. The van der Waals surface area contributed by atoms with Crippen LogP contribution in [-0.4, -0.2) is 13.2 Å². The van der Waals surface area contributed by atoms with Crippen LogP contribution in [0.15, 0.2) is 27.1 Å². The van der Waals surface area contributed by atoms with Crippen LogP contribution in [0.2, 0.25) is 0 Å². The summed E-state index contributed by atoms with van der Waals surface area (Å²) in [4.78, 5) is 0. The molecule has 0 spiro atoms. The minimum Gasteiger partial charge on any atom is -0.381 e. The molecule has 1 saturated heterocycles. The molecule has 0 saturated carbocycles. The van der Waals surface area contributed by atoms with E-state index in [4.69, 9.17) is 10.5 Å². The van der Waals surface area contributed by atoms with Crippen molar-refractivity contribution in [1.29, 1.82) is 0 Å². The molecule has 0 radical (unpaired) electrons. The summed E-state index contributed by atoms with van der Waals surface area (Å²) in [6.07, 6.45) is 2.12. The van der Waals surface area contributed by atoms with E-state index in [9.17, 15) is 0 Å². The van der Waals surface area contributed by atoms with Gasteiger partial charge in [0.25, 0.3) is 0 Å². The topological polar surface area (TPSA) is 35.2 Å². The third kappa shape index (κ3) is 3.06. The molecule has 2 N–H and O–H groups in total. The summed E-state index contributed by atoms with van der Waals surface area (Å²) in [6, 6.07) is 6.34. The van der Waals surface area contributed by atoms with Crippen molar-refractivity contribution in [1.82, 2.24) is 0 Å². The SMILES string of the molecule is N[C@@H](c1cc(Br)cc(Br)c1)C1CCOCC1. The average Bonchev–Trinajstić information content (AvgIpc) is 2.28. The Hall–Kier alpha value is 0.1000. The Morgan fingerprint density at radius 1 is 1.12 bits per heavy atom. The second-order valence-electron chi connectivity index (χ2n) is 4.18. The zero-order valence-electron chi connectivity index (χ0n) is 8.96. The quantitative estimate of drug-likeness (QED) is 0.885. The first-order valence-corrected chi connectivity index (χ1v) is 7.05. The molecule has 4 heteroatoms. The summed E-state index contributed by atoms with van der Waals surface area (Å²) in [6.45, 7) is 1.68. The lowest BCUT2D eigenvalue weighted by Gasteiger charge is -2.28. The Morgan fingerprint density at radius 2 is 1.69 bits per heavy atom. The van der Waals surface area contributed by atoms with Crippen molar-refractivity contribution in [3.63, 3.8) is 0 Å². The van der Waals surface area contributed by atoms with Gasteiger partial charge in [0.15, 0.2) is 0 Å². The Labute approximate surface area is 113 Å². The number of rotatable bonds is 2. The van der Waals surface area contributed by atoms with Gasteiger partial charge in [-0.15, -0.1) is 0 Å². The first kappa shape index (κ1) is 12.6. The smallest absolute Gasteiger partial charge is 0.0469 e. The van der Waals surface area contributed by atoms with Gasteiger partial charge in [-0.1, -0.05) is 31.9 Å². The van der Waals surface area contributed by atoms with E-state index in [1.807, 2.05) is 6.07 Å². The van der Waals surface area contributed by atoms with E-state index in [2.05, 4.69) is 44.0 Å². The van der Waals surface area contributed by atoms with Crippen LogP contribution >= 0.6 is 31.9 Å². The van der Waals surface area contributed by atoms with Gasteiger partial charge in [-0.05, 0) is 42.5 Å². The van der Waals surface area contributed by atoms with E-state index >= 15 is 0 Å². The van der Waals surface area contributed by atoms with E-state index < -0.39 is 0 Å². The first-order chi connectivity index (χ1) is 7.66. The number of nitrogens with two attached hydrogens (primary N) is 1. The van der Waals surface area contributed by atoms with Gasteiger partial charge < -0.3 is 10.5 Å². The van der Waals surface area contributed by atoms with Gasteiger partial charge in [0.05, 0.1) is 0 Å². The van der Waals surface area contributed by atoms with Crippen LogP contribution in [0.25, 0.3) is 0 Å². The largest absolute Gasteiger partial charge is 0.381 e. The average molecular weight is 349 g/mol. The second kappa shape index (κ2) is 5.63. The number of hydrogen-bond donors (Lipinski definition) is 1. The molecule has 0 aliphatic carbocycles. The second-order valence-corrected chi connectivity index (χ2v) is 6.01. The molecule has 0 amide bonds. The fourth-order valence-electron chi connectivity index (χ4n) is 2.11. The zero-order chi connectivity index (χ0) is 11.5. The van der Waals surface area contributed by atoms with Crippen molar-refractivity contribution in [2.45, 2.75) is 18.9 Å². The molecule has 0 unspecified atom stereocenters. The highest BCUT2D eigenvalue weighted by Gasteiger charge is 2.22. The molecule has 16 heavy (non-hydrogen) atoms. The number of halogens is 2. The highest BCUT2D eigenvalue weighted by atomic mass is 79.9. The van der Waals surface area contributed by atoms with Gasteiger partial charge >= 0.3 is 0 Å². The van der Waals surface area contributed by atoms with Gasteiger partial charge in [-0.2, -0.15) is 0 Å². The highest BCUT2D eigenvalue weighted by Crippen LogP contribution is 2.31. The molecule has 1 heterocycles. The van der Waals surface area contributed by atoms with Crippen LogP contribution in [0.5, 0.6) is 0 Å². The lowest BCUT2D eigenvalue weighted by Crippen LogP contribution is -2.27. The summed E-state index contributed by atoms with van der Waals surface area (Å²) in [7, 11) is 0. The standard InChI is InChI=1S/C12H15Br2NO/c13-10-5-9(6-11(14)7-10)12(15)8-1-3-16-4-2-8/h5-8,12H,1-4,15H2/t12-/m1/s1. The van der Waals surface area contributed by atoms with Crippen molar-refractivity contribution in [2.75, 3.05) is 13.2 Å². The zero-order valence-corrected chi connectivity index (χ0v) is 12.1. The maximum Gasteiger partial charge on any atom is 0.0469 e. The molecule has 1 atom stereocenters. The minimum atomic E-state index is 0.109. The summed E-state index contributed by atoms with van der Waals surface area (Å²) in [5, 5.41) is 0. The van der Waals surface area contributed by atoms with Crippen LogP contribution < -0.4 is 5.73 Å². The van der Waals surface area contributed by atoms with E-state index in [-0.39, 0.29) is 6.04 Å². The molecular weight excluding hydrogens is 334 g/mol. The van der Waals surface area contributed by atoms with Crippen LogP contribution in [-0.2, 0) is 4.74 Å². The lowest BCUT2D eigenvalue weighted by atomic mass is 9.88. The summed E-state index contributed by atoms with van der Waals surface area (Å²) < 4.78 is 7.50. The molecular formula is C12H15Br2NO. The number of ether oxygens (including phenoxy) is 1. The Bertz CT molecular complexity index is 344. The van der Waals surface area contributed by atoms with Gasteiger partial charge in [-0.25, -0.2) is 0 Å². The Morgan fingerprint density at radius 3 is 2.25 bits per heavy atom. The van der Waals surface area contributed by atoms with Gasteiger partial charge in [0, 0.05) is 28.2 Å². The normalized spacial score (nSPS) is 19.7. The molecule has 88 valence electrons. The molecule has 0 bridgehead atoms. The predicted molar refractivity (Wildman–Crippen MR) is 72.3 cm³/mol. The molecule has 1 aliphatic rings. The van der Waals surface area contributed by atoms with Gasteiger partial charge in [-0.3, -0.25) is 0 Å². The molecule has 1 aromatic rings. The number of benzene rings is 1. The van der Waals surface area contributed by atoms with Crippen LogP contribution in [0.1, 0.15) is 24.4 Å². The van der Waals surface area contributed by atoms with E-state index in [1.165, 1.54) is 5.56 Å². The van der Waals surface area contributed by atoms with Crippen LogP contribution in [0.3, 0.4) is 0 Å². The molecule has 1 aliphatic heterocycles. The number of hydrogen-bond acceptors (Lipinski definition) is 2. The molecule has 2 nitrogen and oxygen atoms in total. The Balaban J connectivity index is 2.15. The maximum atomic E-state index is 6.31. The fraction of sp³-hybridized carbons (Fsp3) is 0.500. The lowest BCUT2D eigenvalue weighted by molar-refractivity contribution is 0.0583. The minimum absolute atomic E-state index is 0.109. The van der Waals surface area contributed by atoms with Crippen molar-refractivity contribution in [3.05, 3.63) is 32.7 Å². The van der Waals surface area contributed by atoms with Crippen molar-refractivity contribution >= 4 is 31.9 Å². The third-order valence-electron chi connectivity index (χ3n) is 3.04. The monoisotopic (exact) mass is 347 g/mol. The summed E-state index contributed by atoms with van der Waals surface area (Å²) >= 11 is 6.99. The molecule has 1 fully saturated rings. The maximum absolute atomic E-state index is 6.31. The third-order valence-corrected chi connectivity index (χ3v) is 3.96. The fourth-order valence-corrected chi connectivity index (χ4v) is 3.44. The van der Waals surface area contributed by atoms with Crippen molar-refractivity contribution in [3.8, 4) is 0 Å². The van der Waals surface area contributed by atoms with Gasteiger partial charge in [0.2, 0.25) is 0 Å². The van der Waals surface area contributed by atoms with Crippen molar-refractivity contribution < 1.29 is 4.74 Å². The van der Waals surface area contributed by atoms with Crippen LogP contribution in [0.4, 0.5) is 0 Å². The molecule has 1 aromatic carbocycles.